The lowest BCUT2D eigenvalue weighted by molar-refractivity contribution is -0.148. The molecule has 0 bridgehead atoms. The van der Waals surface area contributed by atoms with Crippen molar-refractivity contribution in [3.63, 3.8) is 0 Å². The van der Waals surface area contributed by atoms with Crippen LogP contribution >= 0.6 is 0 Å². The van der Waals surface area contributed by atoms with Crippen LogP contribution in [0.1, 0.15) is 58.8 Å². The molecule has 2 saturated carbocycles. The molecule has 2 N–H and O–H groups in total. The van der Waals surface area contributed by atoms with Gasteiger partial charge in [-0.05, 0) is 38.0 Å². The Labute approximate surface area is 127 Å². The second-order valence-corrected chi connectivity index (χ2v) is 7.06. The van der Waals surface area contributed by atoms with Crippen molar-refractivity contribution in [1.29, 1.82) is 0 Å². The summed E-state index contributed by atoms with van der Waals surface area (Å²) in [6.07, 6.45) is 6.40. The maximum Gasteiger partial charge on any atom is 0.317 e. The molecular weight excluding hydrogens is 268 g/mol. The topological polar surface area (TPSA) is 69.6 Å². The largest absolute Gasteiger partial charge is 0.481 e. The number of amides is 2. The first-order valence-electron chi connectivity index (χ1n) is 8.22. The number of nitrogens with zero attached hydrogens (tertiary/aromatic N) is 1. The van der Waals surface area contributed by atoms with Crippen molar-refractivity contribution in [3.05, 3.63) is 0 Å². The summed E-state index contributed by atoms with van der Waals surface area (Å²) in [5, 5.41) is 12.3. The Bertz CT molecular complexity index is 385. The van der Waals surface area contributed by atoms with E-state index in [-0.39, 0.29) is 12.6 Å². The van der Waals surface area contributed by atoms with Crippen molar-refractivity contribution in [2.24, 2.45) is 11.3 Å². The highest BCUT2D eigenvalue weighted by atomic mass is 16.4. The lowest BCUT2D eigenvalue weighted by Gasteiger charge is -2.28. The molecule has 5 nitrogen and oxygen atoms in total. The highest BCUT2D eigenvalue weighted by Gasteiger charge is 2.42. The maximum absolute atomic E-state index is 12.4. The SMILES string of the molecule is CC(C)CCN(C(=O)NCC1(C(=O)O)CCCC1)C1CC1. The average Bonchev–Trinajstić information content (AvgIpc) is 3.13. The van der Waals surface area contributed by atoms with Crippen LogP contribution in [0.5, 0.6) is 0 Å². The lowest BCUT2D eigenvalue weighted by Crippen LogP contribution is -2.47. The van der Waals surface area contributed by atoms with Crippen molar-refractivity contribution < 1.29 is 14.7 Å². The van der Waals surface area contributed by atoms with Gasteiger partial charge in [0.15, 0.2) is 0 Å². The molecule has 0 aromatic rings. The van der Waals surface area contributed by atoms with Gasteiger partial charge in [-0.2, -0.15) is 0 Å². The Hall–Kier alpha value is -1.26. The van der Waals surface area contributed by atoms with E-state index in [4.69, 9.17) is 0 Å². The summed E-state index contributed by atoms with van der Waals surface area (Å²) in [5.41, 5.74) is -0.733. The predicted octanol–water partition coefficient (Wildman–Crippen LogP) is 2.85. The van der Waals surface area contributed by atoms with Crippen molar-refractivity contribution in [1.82, 2.24) is 10.2 Å². The second-order valence-electron chi connectivity index (χ2n) is 7.06. The standard InChI is InChI=1S/C16H28N2O3/c1-12(2)7-10-18(13-5-6-13)15(21)17-11-16(14(19)20)8-3-4-9-16/h12-13H,3-11H2,1-2H3,(H,17,21)(H,19,20). The number of nitrogens with one attached hydrogen (secondary N) is 1. The minimum Gasteiger partial charge on any atom is -0.481 e. The number of rotatable bonds is 7. The zero-order valence-electron chi connectivity index (χ0n) is 13.2. The van der Waals surface area contributed by atoms with Gasteiger partial charge in [0, 0.05) is 19.1 Å². The zero-order valence-corrected chi connectivity index (χ0v) is 13.2. The maximum atomic E-state index is 12.4. The predicted molar refractivity (Wildman–Crippen MR) is 81.1 cm³/mol. The highest BCUT2D eigenvalue weighted by Crippen LogP contribution is 2.38. The average molecular weight is 296 g/mol. The van der Waals surface area contributed by atoms with Crippen molar-refractivity contribution in [3.8, 4) is 0 Å². The Morgan fingerprint density at radius 3 is 2.38 bits per heavy atom. The summed E-state index contributed by atoms with van der Waals surface area (Å²) in [6, 6.07) is 0.291. The third-order valence-electron chi connectivity index (χ3n) is 4.79. The van der Waals surface area contributed by atoms with Crippen LogP contribution in [0.3, 0.4) is 0 Å². The number of carbonyl (C=O) groups excluding carboxylic acids is 1. The monoisotopic (exact) mass is 296 g/mol. The summed E-state index contributed by atoms with van der Waals surface area (Å²) < 4.78 is 0. The molecule has 5 heteroatoms. The summed E-state index contributed by atoms with van der Waals surface area (Å²) in [5.74, 6) is -0.195. The van der Waals surface area contributed by atoms with Gasteiger partial charge in [-0.1, -0.05) is 26.7 Å². The van der Waals surface area contributed by atoms with E-state index in [9.17, 15) is 14.7 Å². The van der Waals surface area contributed by atoms with Crippen LogP contribution in [0.4, 0.5) is 4.79 Å². The molecule has 2 aliphatic rings. The number of carbonyl (C=O) groups is 2. The number of hydrogen-bond donors (Lipinski definition) is 2. The fourth-order valence-corrected chi connectivity index (χ4v) is 3.10. The normalized spacial score (nSPS) is 20.5. The summed E-state index contributed by atoms with van der Waals surface area (Å²) in [6.45, 7) is 5.35. The van der Waals surface area contributed by atoms with Crippen LogP contribution in [-0.4, -0.2) is 41.1 Å². The van der Waals surface area contributed by atoms with Crippen LogP contribution < -0.4 is 5.32 Å². The van der Waals surface area contributed by atoms with Gasteiger partial charge in [0.05, 0.1) is 5.41 Å². The molecule has 0 atom stereocenters. The molecule has 0 spiro atoms. The van der Waals surface area contributed by atoms with Gasteiger partial charge in [-0.15, -0.1) is 0 Å². The van der Waals surface area contributed by atoms with Crippen LogP contribution in [0, 0.1) is 11.3 Å². The number of aliphatic carboxylic acids is 1. The van der Waals surface area contributed by atoms with E-state index >= 15 is 0 Å². The van der Waals surface area contributed by atoms with E-state index in [1.165, 1.54) is 0 Å². The first-order chi connectivity index (χ1) is 9.94. The molecule has 120 valence electrons. The van der Waals surface area contributed by atoms with Crippen LogP contribution in [0.25, 0.3) is 0 Å². The molecule has 0 heterocycles. The molecule has 2 rings (SSSR count). The van der Waals surface area contributed by atoms with Crippen molar-refractivity contribution in [2.45, 2.75) is 64.8 Å². The van der Waals surface area contributed by atoms with Gasteiger partial charge in [-0.25, -0.2) is 4.79 Å². The van der Waals surface area contributed by atoms with Crippen LogP contribution in [0.15, 0.2) is 0 Å². The van der Waals surface area contributed by atoms with E-state index < -0.39 is 11.4 Å². The van der Waals surface area contributed by atoms with Gasteiger partial charge >= 0.3 is 12.0 Å². The van der Waals surface area contributed by atoms with Crippen molar-refractivity contribution in [2.75, 3.05) is 13.1 Å². The number of carboxylic acids is 1. The van der Waals surface area contributed by atoms with Gasteiger partial charge in [0.25, 0.3) is 0 Å². The summed E-state index contributed by atoms with van der Waals surface area (Å²) in [4.78, 5) is 25.8. The molecule has 0 aromatic heterocycles. The van der Waals surface area contributed by atoms with Crippen LogP contribution in [0.2, 0.25) is 0 Å². The number of carboxylic acid groups (broad SMARTS) is 1. The van der Waals surface area contributed by atoms with E-state index in [1.807, 2.05) is 4.90 Å². The lowest BCUT2D eigenvalue weighted by atomic mass is 9.86. The smallest absolute Gasteiger partial charge is 0.317 e. The molecular formula is C16H28N2O3. The molecule has 2 amide bonds. The molecule has 0 saturated heterocycles. The first-order valence-corrected chi connectivity index (χ1v) is 8.22. The number of urea groups is 1. The summed E-state index contributed by atoms with van der Waals surface area (Å²) in [7, 11) is 0. The van der Waals surface area contributed by atoms with E-state index in [2.05, 4.69) is 19.2 Å². The quantitative estimate of drug-likeness (QED) is 0.759. The molecule has 0 radical (unpaired) electrons. The molecule has 0 unspecified atom stereocenters. The molecule has 0 aliphatic heterocycles. The van der Waals surface area contributed by atoms with Gasteiger partial charge in [0.1, 0.15) is 0 Å². The fourth-order valence-electron chi connectivity index (χ4n) is 3.10. The Morgan fingerprint density at radius 2 is 1.90 bits per heavy atom. The van der Waals surface area contributed by atoms with E-state index in [1.54, 1.807) is 0 Å². The van der Waals surface area contributed by atoms with Crippen LogP contribution in [-0.2, 0) is 4.79 Å². The third-order valence-corrected chi connectivity index (χ3v) is 4.79. The van der Waals surface area contributed by atoms with Crippen molar-refractivity contribution >= 4 is 12.0 Å². The molecule has 0 aromatic carbocycles. The minimum absolute atomic E-state index is 0.0781. The molecule has 2 aliphatic carbocycles. The van der Waals surface area contributed by atoms with E-state index in [0.717, 1.165) is 38.6 Å². The Balaban J connectivity index is 1.88. The van der Waals surface area contributed by atoms with Gasteiger partial charge in [0.2, 0.25) is 0 Å². The first kappa shape index (κ1) is 16.1. The third kappa shape index (κ3) is 4.11. The second kappa shape index (κ2) is 6.67. The Morgan fingerprint density at radius 1 is 1.29 bits per heavy atom. The molecule has 21 heavy (non-hydrogen) atoms. The summed E-state index contributed by atoms with van der Waals surface area (Å²) >= 11 is 0. The van der Waals surface area contributed by atoms with Gasteiger partial charge < -0.3 is 15.3 Å². The fraction of sp³-hybridized carbons (Fsp3) is 0.875. The minimum atomic E-state index is -0.763. The Kier molecular flexibility index (Phi) is 5.12. The zero-order chi connectivity index (χ0) is 15.5. The highest BCUT2D eigenvalue weighted by molar-refractivity contribution is 5.78. The number of hydrogen-bond acceptors (Lipinski definition) is 2. The van der Waals surface area contributed by atoms with Gasteiger partial charge in [-0.3, -0.25) is 4.79 Å². The van der Waals surface area contributed by atoms with E-state index in [0.29, 0.717) is 24.8 Å². The molecule has 2 fully saturated rings.